The molecular weight excluding hydrogens is 450 g/mol. The van der Waals surface area contributed by atoms with Gasteiger partial charge in [0.2, 0.25) is 5.88 Å². The van der Waals surface area contributed by atoms with E-state index in [4.69, 9.17) is 16.3 Å². The Bertz CT molecular complexity index is 1080. The van der Waals surface area contributed by atoms with Crippen molar-refractivity contribution in [2.75, 3.05) is 26.7 Å². The smallest absolute Gasteiger partial charge is 0.216 e. The highest BCUT2D eigenvalue weighted by atomic mass is 35.5. The van der Waals surface area contributed by atoms with Gasteiger partial charge in [-0.3, -0.25) is 10.00 Å². The second kappa shape index (κ2) is 10.4. The van der Waals surface area contributed by atoms with Crippen LogP contribution >= 0.6 is 11.6 Å². The zero-order chi connectivity index (χ0) is 23.3. The minimum atomic E-state index is 0.177. The van der Waals surface area contributed by atoms with Crippen LogP contribution in [0.4, 0.5) is 0 Å². The van der Waals surface area contributed by atoms with E-state index in [2.05, 4.69) is 54.3 Å². The number of nitrogens with zero attached hydrogens (tertiary/aromatic N) is 6. The highest BCUT2D eigenvalue weighted by Crippen LogP contribution is 2.22. The van der Waals surface area contributed by atoms with Gasteiger partial charge >= 0.3 is 0 Å². The molecule has 0 bridgehead atoms. The number of rotatable bonds is 8. The summed E-state index contributed by atoms with van der Waals surface area (Å²) in [7, 11) is 2.14. The molecule has 1 unspecified atom stereocenters. The molecule has 0 amide bonds. The number of piperidine rings is 1. The van der Waals surface area contributed by atoms with Crippen molar-refractivity contribution in [3.63, 3.8) is 0 Å². The van der Waals surface area contributed by atoms with Gasteiger partial charge in [0.15, 0.2) is 0 Å². The SMILES string of the molecule is CN1C=CN(Cc2cn[nH]c2)C1CN1CCC(Oc2ccnc(Cc3ccc(Cl)cc3)n2)CC1. The van der Waals surface area contributed by atoms with Crippen molar-refractivity contribution in [2.24, 2.45) is 0 Å². The highest BCUT2D eigenvalue weighted by Gasteiger charge is 2.29. The second-order valence-corrected chi connectivity index (χ2v) is 9.39. The number of hydrogen-bond acceptors (Lipinski definition) is 7. The molecule has 1 saturated heterocycles. The Hall–Kier alpha value is -3.10. The van der Waals surface area contributed by atoms with E-state index in [0.717, 1.165) is 55.4 Å². The van der Waals surface area contributed by atoms with Gasteiger partial charge in [0.1, 0.15) is 18.1 Å². The lowest BCUT2D eigenvalue weighted by Crippen LogP contribution is -2.49. The lowest BCUT2D eigenvalue weighted by atomic mass is 10.1. The molecule has 34 heavy (non-hydrogen) atoms. The van der Waals surface area contributed by atoms with Crippen LogP contribution < -0.4 is 4.74 Å². The van der Waals surface area contributed by atoms with E-state index in [1.807, 2.05) is 42.7 Å². The number of likely N-dealkylation sites (tertiary alicyclic amines) is 1. The van der Waals surface area contributed by atoms with Crippen molar-refractivity contribution < 1.29 is 4.74 Å². The van der Waals surface area contributed by atoms with Gasteiger partial charge < -0.3 is 14.5 Å². The van der Waals surface area contributed by atoms with E-state index in [-0.39, 0.29) is 6.10 Å². The third-order valence-electron chi connectivity index (χ3n) is 6.47. The Labute approximate surface area is 205 Å². The lowest BCUT2D eigenvalue weighted by molar-refractivity contribution is 0.0586. The number of benzene rings is 1. The Morgan fingerprint density at radius 2 is 1.91 bits per heavy atom. The van der Waals surface area contributed by atoms with Crippen LogP contribution in [0.15, 0.2) is 61.3 Å². The number of aromatic amines is 1. The monoisotopic (exact) mass is 479 g/mol. The van der Waals surface area contributed by atoms with Gasteiger partial charge in [-0.2, -0.15) is 10.1 Å². The molecule has 0 radical (unpaired) electrons. The fourth-order valence-corrected chi connectivity index (χ4v) is 4.64. The summed E-state index contributed by atoms with van der Waals surface area (Å²) in [6.45, 7) is 3.87. The van der Waals surface area contributed by atoms with E-state index in [1.165, 1.54) is 5.56 Å². The van der Waals surface area contributed by atoms with Gasteiger partial charge in [-0.25, -0.2) is 4.98 Å². The maximum Gasteiger partial charge on any atom is 0.216 e. The molecular formula is C25H30ClN7O. The van der Waals surface area contributed by atoms with Crippen LogP contribution in [0.2, 0.25) is 5.02 Å². The minimum absolute atomic E-state index is 0.177. The summed E-state index contributed by atoms with van der Waals surface area (Å²) in [5.41, 5.74) is 2.32. The molecule has 0 saturated carbocycles. The zero-order valence-electron chi connectivity index (χ0n) is 19.3. The first-order chi connectivity index (χ1) is 16.6. The Morgan fingerprint density at radius 3 is 2.68 bits per heavy atom. The summed E-state index contributed by atoms with van der Waals surface area (Å²) in [6.07, 6.45) is 13.1. The predicted molar refractivity (Wildman–Crippen MR) is 131 cm³/mol. The number of H-pyrrole nitrogens is 1. The van der Waals surface area contributed by atoms with Crippen LogP contribution in [0, 0.1) is 0 Å². The van der Waals surface area contributed by atoms with Crippen molar-refractivity contribution in [3.8, 4) is 5.88 Å². The quantitative estimate of drug-likeness (QED) is 0.529. The van der Waals surface area contributed by atoms with E-state index in [9.17, 15) is 0 Å². The Morgan fingerprint density at radius 1 is 1.09 bits per heavy atom. The summed E-state index contributed by atoms with van der Waals surface area (Å²) in [5, 5.41) is 7.70. The van der Waals surface area contributed by atoms with E-state index in [1.54, 1.807) is 6.20 Å². The summed E-state index contributed by atoms with van der Waals surface area (Å²) in [5.74, 6) is 1.41. The molecule has 2 aromatic heterocycles. The lowest BCUT2D eigenvalue weighted by Gasteiger charge is -2.38. The fourth-order valence-electron chi connectivity index (χ4n) is 4.52. The van der Waals surface area contributed by atoms with Crippen LogP contribution in [0.1, 0.15) is 29.8 Å². The summed E-state index contributed by atoms with van der Waals surface area (Å²) >= 11 is 5.98. The molecule has 9 heteroatoms. The van der Waals surface area contributed by atoms with Crippen molar-refractivity contribution in [2.45, 2.75) is 38.1 Å². The third kappa shape index (κ3) is 5.69. The first-order valence-corrected chi connectivity index (χ1v) is 12.1. The molecule has 2 aliphatic heterocycles. The van der Waals surface area contributed by atoms with Gasteiger partial charge in [-0.05, 0) is 30.5 Å². The molecule has 1 atom stereocenters. The highest BCUT2D eigenvalue weighted by molar-refractivity contribution is 6.30. The molecule has 1 aromatic carbocycles. The molecule has 2 aliphatic rings. The maximum absolute atomic E-state index is 6.24. The predicted octanol–water partition coefficient (Wildman–Crippen LogP) is 3.53. The average molecular weight is 480 g/mol. The minimum Gasteiger partial charge on any atom is -0.474 e. The molecule has 1 N–H and O–H groups in total. The molecule has 3 aromatic rings. The molecule has 8 nitrogen and oxygen atoms in total. The number of hydrogen-bond donors (Lipinski definition) is 1. The van der Waals surface area contributed by atoms with Crippen LogP contribution in [-0.2, 0) is 13.0 Å². The van der Waals surface area contributed by atoms with Crippen LogP contribution in [0.3, 0.4) is 0 Å². The first-order valence-electron chi connectivity index (χ1n) is 11.7. The van der Waals surface area contributed by atoms with Crippen molar-refractivity contribution in [1.29, 1.82) is 0 Å². The first kappa shape index (κ1) is 22.7. The van der Waals surface area contributed by atoms with Crippen molar-refractivity contribution in [1.82, 2.24) is 34.9 Å². The number of halogens is 1. The molecule has 5 rings (SSSR count). The van der Waals surface area contributed by atoms with E-state index < -0.39 is 0 Å². The molecule has 0 spiro atoms. The third-order valence-corrected chi connectivity index (χ3v) is 6.72. The van der Waals surface area contributed by atoms with Crippen molar-refractivity contribution in [3.05, 3.63) is 83.3 Å². The number of aromatic nitrogens is 4. The summed E-state index contributed by atoms with van der Waals surface area (Å²) in [4.78, 5) is 16.2. The number of ether oxygens (including phenoxy) is 1. The van der Waals surface area contributed by atoms with Crippen molar-refractivity contribution >= 4 is 11.6 Å². The maximum atomic E-state index is 6.24. The largest absolute Gasteiger partial charge is 0.474 e. The van der Waals surface area contributed by atoms with E-state index >= 15 is 0 Å². The fraction of sp³-hybridized carbons (Fsp3) is 0.400. The van der Waals surface area contributed by atoms with Gasteiger partial charge in [-0.1, -0.05) is 23.7 Å². The normalized spacial score (nSPS) is 19.2. The standard InChI is InChI=1S/C25H30ClN7O/c1-31-12-13-33(17-20-15-28-29-16-20)25(31)18-32-10-7-22(8-11-32)34-24-6-9-27-23(30-24)14-19-2-4-21(26)5-3-19/h2-6,9,12-13,15-16,22,25H,7-8,10-11,14,17-18H2,1H3,(H,28,29). The molecule has 1 fully saturated rings. The molecule has 178 valence electrons. The number of nitrogens with one attached hydrogen (secondary N) is 1. The number of likely N-dealkylation sites (N-methyl/N-ethyl adjacent to an activating group) is 1. The Kier molecular flexibility index (Phi) is 6.97. The van der Waals surface area contributed by atoms with Gasteiger partial charge in [-0.15, -0.1) is 0 Å². The van der Waals surface area contributed by atoms with Crippen LogP contribution in [0.25, 0.3) is 0 Å². The zero-order valence-corrected chi connectivity index (χ0v) is 20.1. The summed E-state index contributed by atoms with van der Waals surface area (Å²) in [6, 6.07) is 9.64. The molecule has 0 aliphatic carbocycles. The van der Waals surface area contributed by atoms with E-state index in [0.29, 0.717) is 18.5 Å². The van der Waals surface area contributed by atoms with Gasteiger partial charge in [0.05, 0.1) is 6.20 Å². The van der Waals surface area contributed by atoms with Crippen LogP contribution in [0.5, 0.6) is 5.88 Å². The second-order valence-electron chi connectivity index (χ2n) is 8.96. The topological polar surface area (TPSA) is 73.4 Å². The van der Waals surface area contributed by atoms with Gasteiger partial charge in [0, 0.05) is 81.1 Å². The molecule has 4 heterocycles. The van der Waals surface area contributed by atoms with Gasteiger partial charge in [0.25, 0.3) is 0 Å². The summed E-state index contributed by atoms with van der Waals surface area (Å²) < 4.78 is 6.24. The Balaban J connectivity index is 1.11. The van der Waals surface area contributed by atoms with Crippen LogP contribution in [-0.4, -0.2) is 73.8 Å². The average Bonchev–Trinajstić information content (AvgIpc) is 3.48.